The summed E-state index contributed by atoms with van der Waals surface area (Å²) in [6.45, 7) is -0.168. The van der Waals surface area contributed by atoms with E-state index in [0.29, 0.717) is 6.07 Å². The van der Waals surface area contributed by atoms with Crippen LogP contribution in [0.4, 0.5) is 24.5 Å². The first-order valence-electron chi connectivity index (χ1n) is 9.10. The van der Waals surface area contributed by atoms with E-state index in [0.717, 1.165) is 28.6 Å². The third-order valence-electron chi connectivity index (χ3n) is 4.91. The molecule has 32 heavy (non-hydrogen) atoms. The van der Waals surface area contributed by atoms with E-state index in [4.69, 9.17) is 5.21 Å². The summed E-state index contributed by atoms with van der Waals surface area (Å²) in [6, 6.07) is 6.98. The molecule has 10 nitrogen and oxygen atoms in total. The number of sulfonamides is 1. The number of nitrogens with one attached hydrogen (secondary N) is 1. The van der Waals surface area contributed by atoms with Gasteiger partial charge in [0.1, 0.15) is 5.69 Å². The van der Waals surface area contributed by atoms with E-state index in [1.54, 1.807) is 0 Å². The molecule has 0 bridgehead atoms. The van der Waals surface area contributed by atoms with Crippen LogP contribution in [0.15, 0.2) is 47.4 Å². The molecule has 3 rings (SSSR count). The number of carbonyl (C=O) groups excluding carboxylic acids is 1. The number of alkyl halides is 3. The minimum absolute atomic E-state index is 0.0323. The van der Waals surface area contributed by atoms with Gasteiger partial charge in [-0.15, -0.1) is 0 Å². The summed E-state index contributed by atoms with van der Waals surface area (Å²) >= 11 is 0. The standard InChI is InChI=1S/C18H17F3N4O6S/c19-18(20,21)13-2-1-3-14(11-13)32(30,31)24-8-6-23(7-9-24)15-5-4-12(17(26)22-27)10-16(15)25(28)29/h1-5,10-11,27H,6-9H2,(H,22,26). The molecule has 14 heteroatoms. The number of carbonyl (C=O) groups is 1. The Hall–Kier alpha value is -3.23. The molecule has 1 aliphatic heterocycles. The summed E-state index contributed by atoms with van der Waals surface area (Å²) in [5, 5.41) is 20.1. The van der Waals surface area contributed by atoms with Gasteiger partial charge in [-0.2, -0.15) is 17.5 Å². The summed E-state index contributed by atoms with van der Waals surface area (Å²) in [4.78, 5) is 23.3. The maximum Gasteiger partial charge on any atom is 0.416 e. The highest BCUT2D eigenvalue weighted by atomic mass is 32.2. The fourth-order valence-corrected chi connectivity index (χ4v) is 4.76. The summed E-state index contributed by atoms with van der Waals surface area (Å²) in [6.07, 6.45) is -4.69. The van der Waals surface area contributed by atoms with Crippen LogP contribution in [-0.2, 0) is 16.2 Å². The van der Waals surface area contributed by atoms with E-state index in [2.05, 4.69) is 0 Å². The van der Waals surface area contributed by atoms with Crippen LogP contribution in [0.2, 0.25) is 0 Å². The van der Waals surface area contributed by atoms with Crippen LogP contribution < -0.4 is 10.4 Å². The lowest BCUT2D eigenvalue weighted by Gasteiger charge is -2.35. The van der Waals surface area contributed by atoms with E-state index in [1.807, 2.05) is 0 Å². The highest BCUT2D eigenvalue weighted by molar-refractivity contribution is 7.89. The second-order valence-corrected chi connectivity index (χ2v) is 8.76. The Labute approximate surface area is 180 Å². The highest BCUT2D eigenvalue weighted by Gasteiger charge is 2.34. The van der Waals surface area contributed by atoms with Crippen molar-refractivity contribution in [1.29, 1.82) is 0 Å². The molecule has 1 saturated heterocycles. The zero-order valence-electron chi connectivity index (χ0n) is 16.2. The molecule has 0 atom stereocenters. The van der Waals surface area contributed by atoms with E-state index < -0.39 is 43.2 Å². The number of benzene rings is 2. The lowest BCUT2D eigenvalue weighted by atomic mass is 10.1. The lowest BCUT2D eigenvalue weighted by molar-refractivity contribution is -0.384. The Kier molecular flexibility index (Phi) is 6.39. The number of anilines is 1. The van der Waals surface area contributed by atoms with E-state index >= 15 is 0 Å². The number of piperazine rings is 1. The zero-order valence-corrected chi connectivity index (χ0v) is 17.1. The first-order valence-corrected chi connectivity index (χ1v) is 10.5. The van der Waals surface area contributed by atoms with Crippen molar-refractivity contribution in [3.8, 4) is 0 Å². The van der Waals surface area contributed by atoms with Crippen molar-refractivity contribution >= 4 is 27.3 Å². The molecule has 1 aliphatic rings. The van der Waals surface area contributed by atoms with Crippen molar-refractivity contribution < 1.29 is 36.5 Å². The molecule has 0 radical (unpaired) electrons. The average molecular weight is 474 g/mol. The van der Waals surface area contributed by atoms with Gasteiger partial charge in [0, 0.05) is 37.8 Å². The van der Waals surface area contributed by atoms with Crippen LogP contribution in [-0.4, -0.2) is 54.9 Å². The van der Waals surface area contributed by atoms with Crippen LogP contribution in [0.3, 0.4) is 0 Å². The number of hydroxylamine groups is 1. The quantitative estimate of drug-likeness (QED) is 0.386. The van der Waals surface area contributed by atoms with E-state index in [1.165, 1.54) is 22.5 Å². The van der Waals surface area contributed by atoms with Gasteiger partial charge in [-0.1, -0.05) is 6.07 Å². The summed E-state index contributed by atoms with van der Waals surface area (Å²) < 4.78 is 65.4. The predicted octanol–water partition coefficient (Wildman–Crippen LogP) is 2.24. The first kappa shape index (κ1) is 23.4. The van der Waals surface area contributed by atoms with Gasteiger partial charge in [0.05, 0.1) is 15.4 Å². The number of hydrogen-bond acceptors (Lipinski definition) is 7. The van der Waals surface area contributed by atoms with Crippen LogP contribution in [0.25, 0.3) is 0 Å². The molecule has 2 N–H and O–H groups in total. The van der Waals surface area contributed by atoms with Gasteiger partial charge in [0.2, 0.25) is 10.0 Å². The Bertz CT molecular complexity index is 1150. The Morgan fingerprint density at radius 2 is 1.75 bits per heavy atom. The Morgan fingerprint density at radius 1 is 1.09 bits per heavy atom. The van der Waals surface area contributed by atoms with Gasteiger partial charge in [-0.25, -0.2) is 13.9 Å². The number of rotatable bonds is 5. The van der Waals surface area contributed by atoms with Crippen LogP contribution >= 0.6 is 0 Å². The molecule has 1 amide bonds. The summed E-state index contributed by atoms with van der Waals surface area (Å²) in [5.41, 5.74) is -0.126. The fourth-order valence-electron chi connectivity index (χ4n) is 3.29. The van der Waals surface area contributed by atoms with Gasteiger partial charge in [-0.3, -0.25) is 20.1 Å². The molecular weight excluding hydrogens is 457 g/mol. The molecule has 1 heterocycles. The number of amides is 1. The minimum Gasteiger partial charge on any atom is -0.363 e. The number of nitro benzene ring substituents is 1. The van der Waals surface area contributed by atoms with E-state index in [9.17, 15) is 36.5 Å². The van der Waals surface area contributed by atoms with Crippen molar-refractivity contribution in [3.63, 3.8) is 0 Å². The number of hydrogen-bond donors (Lipinski definition) is 2. The zero-order chi connectivity index (χ0) is 23.7. The second kappa shape index (κ2) is 8.72. The normalized spacial score (nSPS) is 15.4. The maximum atomic E-state index is 12.9. The van der Waals surface area contributed by atoms with Gasteiger partial charge in [0.25, 0.3) is 11.6 Å². The molecule has 172 valence electrons. The van der Waals surface area contributed by atoms with Crippen molar-refractivity contribution in [3.05, 3.63) is 63.7 Å². The lowest BCUT2D eigenvalue weighted by Crippen LogP contribution is -2.48. The maximum absolute atomic E-state index is 12.9. The fraction of sp³-hybridized carbons (Fsp3) is 0.278. The molecule has 1 fully saturated rings. The average Bonchev–Trinajstić information content (AvgIpc) is 2.77. The largest absolute Gasteiger partial charge is 0.416 e. The van der Waals surface area contributed by atoms with Crippen LogP contribution in [0, 0.1) is 10.1 Å². The summed E-state index contributed by atoms with van der Waals surface area (Å²) in [5.74, 6) is -0.934. The van der Waals surface area contributed by atoms with E-state index in [-0.39, 0.29) is 37.4 Å². The molecular formula is C18H17F3N4O6S. The molecule has 2 aromatic rings. The molecule has 0 aliphatic carbocycles. The third kappa shape index (κ3) is 4.66. The smallest absolute Gasteiger partial charge is 0.363 e. The van der Waals surface area contributed by atoms with Gasteiger partial charge in [0.15, 0.2) is 0 Å². The minimum atomic E-state index is -4.69. The van der Waals surface area contributed by atoms with Gasteiger partial charge < -0.3 is 4.90 Å². The van der Waals surface area contributed by atoms with Gasteiger partial charge >= 0.3 is 6.18 Å². The Morgan fingerprint density at radius 3 is 2.31 bits per heavy atom. The van der Waals surface area contributed by atoms with Crippen LogP contribution in [0.1, 0.15) is 15.9 Å². The van der Waals surface area contributed by atoms with Crippen molar-refractivity contribution in [2.45, 2.75) is 11.1 Å². The van der Waals surface area contributed by atoms with Crippen LogP contribution in [0.5, 0.6) is 0 Å². The molecule has 2 aromatic carbocycles. The van der Waals surface area contributed by atoms with Crippen molar-refractivity contribution in [1.82, 2.24) is 9.79 Å². The molecule has 0 unspecified atom stereocenters. The number of halogens is 3. The third-order valence-corrected chi connectivity index (χ3v) is 6.81. The first-order chi connectivity index (χ1) is 14.9. The number of nitro groups is 1. The molecule has 0 aromatic heterocycles. The number of nitrogens with zero attached hydrogens (tertiary/aromatic N) is 3. The topological polar surface area (TPSA) is 133 Å². The van der Waals surface area contributed by atoms with Gasteiger partial charge in [-0.05, 0) is 30.3 Å². The Balaban J connectivity index is 1.81. The molecule has 0 spiro atoms. The van der Waals surface area contributed by atoms with Crippen molar-refractivity contribution in [2.75, 3.05) is 31.1 Å². The SMILES string of the molecule is O=C(NO)c1ccc(N2CCN(S(=O)(=O)c3cccc(C(F)(F)F)c3)CC2)c([N+](=O)[O-])c1. The monoisotopic (exact) mass is 474 g/mol. The highest BCUT2D eigenvalue weighted by Crippen LogP contribution is 2.33. The second-order valence-electron chi connectivity index (χ2n) is 6.82. The summed E-state index contributed by atoms with van der Waals surface area (Å²) in [7, 11) is -4.21. The van der Waals surface area contributed by atoms with Crippen molar-refractivity contribution in [2.24, 2.45) is 0 Å². The molecule has 0 saturated carbocycles. The predicted molar refractivity (Wildman–Crippen MR) is 105 cm³/mol.